The van der Waals surface area contributed by atoms with Gasteiger partial charge in [0.05, 0.1) is 4.70 Å². The van der Waals surface area contributed by atoms with Gasteiger partial charge in [-0.15, -0.1) is 4.91 Å². The maximum atomic E-state index is 11.0. The van der Waals surface area contributed by atoms with Crippen LogP contribution in [0.15, 0.2) is 53.7 Å². The van der Waals surface area contributed by atoms with E-state index >= 15 is 0 Å². The number of fused-ring (bicyclic) bond motifs is 2. The van der Waals surface area contributed by atoms with Crippen molar-refractivity contribution in [3.05, 3.63) is 70.1 Å². The van der Waals surface area contributed by atoms with Crippen LogP contribution in [0.4, 0.5) is 5.82 Å². The fourth-order valence-corrected chi connectivity index (χ4v) is 5.19. The Hall–Kier alpha value is -2.57. The number of hydrogen-bond acceptors (Lipinski definition) is 6. The summed E-state index contributed by atoms with van der Waals surface area (Å²) >= 11 is 1.59. The van der Waals surface area contributed by atoms with Crippen molar-refractivity contribution in [2.24, 2.45) is 5.18 Å². The zero-order valence-corrected chi connectivity index (χ0v) is 17.2. The third-order valence-corrected chi connectivity index (χ3v) is 6.85. The summed E-state index contributed by atoms with van der Waals surface area (Å²) in [6, 6.07) is 15.0. The molecule has 0 saturated carbocycles. The molecule has 1 aromatic heterocycles. The average molecular weight is 405 g/mol. The number of allylic oxidation sites excluding steroid dienone is 1. The lowest BCUT2D eigenvalue weighted by atomic mass is 10.0. The highest BCUT2D eigenvalue weighted by molar-refractivity contribution is 7.13. The molecule has 1 aliphatic heterocycles. The third kappa shape index (κ3) is 3.70. The van der Waals surface area contributed by atoms with E-state index in [1.54, 1.807) is 11.5 Å². The maximum absolute atomic E-state index is 11.0. The molecule has 0 spiro atoms. The van der Waals surface area contributed by atoms with E-state index in [9.17, 15) is 4.91 Å². The minimum Gasteiger partial charge on any atom is -0.353 e. The molecule has 0 amide bonds. The summed E-state index contributed by atoms with van der Waals surface area (Å²) < 4.78 is 5.97. The maximum Gasteiger partial charge on any atom is 0.150 e. The van der Waals surface area contributed by atoms with Crippen molar-refractivity contribution in [3.63, 3.8) is 0 Å². The quantitative estimate of drug-likeness (QED) is 0.558. The Bertz CT molecular complexity index is 1070. The predicted molar refractivity (Wildman–Crippen MR) is 121 cm³/mol. The van der Waals surface area contributed by atoms with Gasteiger partial charge in [-0.3, -0.25) is 4.90 Å². The number of nitroso groups, excluding NO2 is 1. The zero-order chi connectivity index (χ0) is 19.6. The van der Waals surface area contributed by atoms with Gasteiger partial charge in [0.1, 0.15) is 11.5 Å². The van der Waals surface area contributed by atoms with Gasteiger partial charge in [0.15, 0.2) is 0 Å². The van der Waals surface area contributed by atoms with E-state index in [4.69, 9.17) is 4.37 Å². The van der Waals surface area contributed by atoms with Crippen LogP contribution in [-0.2, 0) is 12.8 Å². The summed E-state index contributed by atoms with van der Waals surface area (Å²) in [5.41, 5.74) is 4.15. The van der Waals surface area contributed by atoms with Crippen molar-refractivity contribution in [1.29, 1.82) is 0 Å². The first-order valence-corrected chi connectivity index (χ1v) is 11.1. The van der Waals surface area contributed by atoms with Crippen LogP contribution >= 0.6 is 11.5 Å². The van der Waals surface area contributed by atoms with Crippen LogP contribution in [0.2, 0.25) is 0 Å². The highest BCUT2D eigenvalue weighted by Crippen LogP contribution is 2.30. The third-order valence-electron chi connectivity index (χ3n) is 6.03. The van der Waals surface area contributed by atoms with E-state index < -0.39 is 0 Å². The molecule has 0 bridgehead atoms. The standard InChI is InChI=1S/C23H24N4OS/c28-24-21-10-9-18-8-7-17(16-20(18)21)4-3-11-26-12-14-27(15-13-26)23-19-5-1-2-6-22(19)29-25-23/h1-2,5-8,10,16H,3-4,9,11-15H2. The number of nitrogens with zero attached hydrogens (tertiary/aromatic N) is 4. The van der Waals surface area contributed by atoms with Gasteiger partial charge in [0.25, 0.3) is 0 Å². The van der Waals surface area contributed by atoms with Crippen LogP contribution in [0, 0.1) is 4.91 Å². The van der Waals surface area contributed by atoms with Gasteiger partial charge in [0, 0.05) is 37.1 Å². The minimum absolute atomic E-state index is 0.604. The average Bonchev–Trinajstić information content (AvgIpc) is 3.38. The summed E-state index contributed by atoms with van der Waals surface area (Å²) in [4.78, 5) is 15.9. The van der Waals surface area contributed by atoms with E-state index in [-0.39, 0.29) is 0 Å². The van der Waals surface area contributed by atoms with E-state index in [0.717, 1.165) is 63.4 Å². The predicted octanol–water partition coefficient (Wildman–Crippen LogP) is 4.71. The minimum atomic E-state index is 0.604. The van der Waals surface area contributed by atoms with Crippen LogP contribution in [0.25, 0.3) is 15.8 Å². The molecule has 29 heavy (non-hydrogen) atoms. The largest absolute Gasteiger partial charge is 0.353 e. The number of benzene rings is 2. The fourth-order valence-electron chi connectivity index (χ4n) is 4.39. The molecule has 0 N–H and O–H groups in total. The van der Waals surface area contributed by atoms with Crippen molar-refractivity contribution < 1.29 is 0 Å². The van der Waals surface area contributed by atoms with Crippen molar-refractivity contribution in [1.82, 2.24) is 9.27 Å². The highest BCUT2D eigenvalue weighted by Gasteiger charge is 2.20. The summed E-state index contributed by atoms with van der Waals surface area (Å²) in [5, 5.41) is 4.44. The number of aryl methyl sites for hydroxylation is 1. The molecule has 5 rings (SSSR count). The van der Waals surface area contributed by atoms with Crippen molar-refractivity contribution in [3.8, 4) is 0 Å². The zero-order valence-electron chi connectivity index (χ0n) is 16.4. The van der Waals surface area contributed by atoms with E-state index in [2.05, 4.69) is 57.4 Å². The van der Waals surface area contributed by atoms with Crippen LogP contribution in [0.5, 0.6) is 0 Å². The van der Waals surface area contributed by atoms with Gasteiger partial charge < -0.3 is 4.90 Å². The second-order valence-electron chi connectivity index (χ2n) is 7.81. The molecule has 0 radical (unpaired) electrons. The van der Waals surface area contributed by atoms with Gasteiger partial charge in [-0.05, 0) is 71.8 Å². The molecular formula is C23H24N4OS. The molecule has 0 atom stereocenters. The van der Waals surface area contributed by atoms with Crippen molar-refractivity contribution in [2.45, 2.75) is 19.3 Å². The molecule has 0 unspecified atom stereocenters. The Morgan fingerprint density at radius 3 is 2.79 bits per heavy atom. The first-order valence-electron chi connectivity index (χ1n) is 10.3. The second kappa shape index (κ2) is 8.05. The molecule has 1 fully saturated rings. The summed E-state index contributed by atoms with van der Waals surface area (Å²) in [5.74, 6) is 1.15. The van der Waals surface area contributed by atoms with E-state index in [1.165, 1.54) is 21.2 Å². The molecule has 1 aliphatic carbocycles. The summed E-state index contributed by atoms with van der Waals surface area (Å²) in [6.07, 6.45) is 4.92. The van der Waals surface area contributed by atoms with Crippen LogP contribution < -0.4 is 4.90 Å². The van der Waals surface area contributed by atoms with Crippen LogP contribution in [0.1, 0.15) is 23.1 Å². The smallest absolute Gasteiger partial charge is 0.150 e. The van der Waals surface area contributed by atoms with Crippen LogP contribution in [-0.4, -0.2) is 42.0 Å². The molecule has 3 aromatic rings. The number of rotatable bonds is 6. The van der Waals surface area contributed by atoms with Crippen molar-refractivity contribution >= 4 is 33.1 Å². The fraction of sp³-hybridized carbons (Fsp3) is 0.348. The number of aromatic nitrogens is 1. The van der Waals surface area contributed by atoms with Crippen molar-refractivity contribution in [2.75, 3.05) is 37.6 Å². The molecule has 6 heteroatoms. The molecular weight excluding hydrogens is 380 g/mol. The van der Waals surface area contributed by atoms with Gasteiger partial charge in [-0.2, -0.15) is 4.37 Å². The highest BCUT2D eigenvalue weighted by atomic mass is 32.1. The monoisotopic (exact) mass is 404 g/mol. The number of hydrogen-bond donors (Lipinski definition) is 0. The van der Waals surface area contributed by atoms with Crippen LogP contribution in [0.3, 0.4) is 0 Å². The van der Waals surface area contributed by atoms with Gasteiger partial charge >= 0.3 is 0 Å². The number of piperazine rings is 1. The SMILES string of the molecule is O=NC1=CCc2ccc(CCCN3CCN(c4nsc5ccccc45)CC3)cc21. The van der Waals surface area contributed by atoms with Gasteiger partial charge in [0.2, 0.25) is 0 Å². The molecule has 2 aliphatic rings. The summed E-state index contributed by atoms with van der Waals surface area (Å²) in [6.45, 7) is 5.34. The number of anilines is 1. The Kier molecular flexibility index (Phi) is 5.12. The Morgan fingerprint density at radius 1 is 1.07 bits per heavy atom. The second-order valence-corrected chi connectivity index (χ2v) is 8.62. The first kappa shape index (κ1) is 18.5. The van der Waals surface area contributed by atoms with Gasteiger partial charge in [-0.25, -0.2) is 0 Å². The van der Waals surface area contributed by atoms with E-state index in [0.29, 0.717) is 5.70 Å². The molecule has 148 valence electrons. The van der Waals surface area contributed by atoms with Gasteiger partial charge in [-0.1, -0.05) is 30.3 Å². The first-order chi connectivity index (χ1) is 14.3. The lowest BCUT2D eigenvalue weighted by Crippen LogP contribution is -2.46. The Balaban J connectivity index is 1.13. The lowest BCUT2D eigenvalue weighted by Gasteiger charge is -2.35. The lowest BCUT2D eigenvalue weighted by molar-refractivity contribution is 0.255. The van der Waals surface area contributed by atoms with E-state index in [1.807, 2.05) is 6.08 Å². The Morgan fingerprint density at radius 2 is 1.93 bits per heavy atom. The summed E-state index contributed by atoms with van der Waals surface area (Å²) in [7, 11) is 0. The normalized spacial score (nSPS) is 16.8. The molecule has 5 nitrogen and oxygen atoms in total. The molecule has 1 saturated heterocycles. The molecule has 2 heterocycles. The Labute approximate surface area is 174 Å². The molecule has 2 aromatic carbocycles. The topological polar surface area (TPSA) is 48.8 Å².